The summed E-state index contributed by atoms with van der Waals surface area (Å²) in [4.78, 5) is 24.4. The minimum absolute atomic E-state index is 0.119. The number of nitrogens with one attached hydrogen (secondary N) is 2. The summed E-state index contributed by atoms with van der Waals surface area (Å²) in [6, 6.07) is 14.6. The Hall–Kier alpha value is -3.37. The lowest BCUT2D eigenvalue weighted by molar-refractivity contribution is -0.113. The van der Waals surface area contributed by atoms with Gasteiger partial charge in [-0.3, -0.25) is 9.59 Å². The van der Waals surface area contributed by atoms with Gasteiger partial charge < -0.3 is 19.8 Å². The van der Waals surface area contributed by atoms with Crippen LogP contribution < -0.4 is 15.4 Å². The molecule has 0 saturated carbocycles. The van der Waals surface area contributed by atoms with E-state index in [0.29, 0.717) is 26.1 Å². The average molecular weight is 455 g/mol. The van der Waals surface area contributed by atoms with Gasteiger partial charge in [-0.1, -0.05) is 35.2 Å². The molecule has 2 heterocycles. The predicted molar refractivity (Wildman–Crippen MR) is 122 cm³/mol. The smallest absolute Gasteiger partial charge is 0.234 e. The van der Waals surface area contributed by atoms with Crippen LogP contribution in [-0.2, 0) is 4.79 Å². The summed E-state index contributed by atoms with van der Waals surface area (Å²) in [6.45, 7) is 1.40. The molecule has 0 aliphatic heterocycles. The summed E-state index contributed by atoms with van der Waals surface area (Å²) in [5, 5.41) is 15.5. The highest BCUT2D eigenvalue weighted by Crippen LogP contribution is 2.32. The highest BCUT2D eigenvalue weighted by atomic mass is 32.2. The number of Topliss-reactive ketones (excluding diaryl/α,β-unsaturated/α-hetero) is 1. The lowest BCUT2D eigenvalue weighted by Crippen LogP contribution is -2.15. The second-order valence-electron chi connectivity index (χ2n) is 6.42. The summed E-state index contributed by atoms with van der Waals surface area (Å²) in [5.74, 6) is 0.509. The molecule has 0 bridgehead atoms. The number of thioether (sulfide) groups is 1. The van der Waals surface area contributed by atoms with Crippen LogP contribution in [0, 0.1) is 0 Å². The number of anilines is 3. The number of nitrogens with zero attached hydrogens (tertiary/aromatic N) is 2. The van der Waals surface area contributed by atoms with Crippen LogP contribution in [0.1, 0.15) is 17.5 Å². The largest absolute Gasteiger partial charge is 0.497 e. The number of rotatable bonds is 8. The lowest BCUT2D eigenvalue weighted by Gasteiger charge is -2.04. The van der Waals surface area contributed by atoms with E-state index < -0.39 is 0 Å². The van der Waals surface area contributed by atoms with E-state index in [0.717, 1.165) is 11.4 Å². The third kappa shape index (κ3) is 4.86. The van der Waals surface area contributed by atoms with Gasteiger partial charge in [-0.2, -0.15) is 0 Å². The Morgan fingerprint density at radius 1 is 1.13 bits per heavy atom. The maximum Gasteiger partial charge on any atom is 0.234 e. The molecule has 8 nitrogen and oxygen atoms in total. The van der Waals surface area contributed by atoms with E-state index in [-0.39, 0.29) is 23.2 Å². The van der Waals surface area contributed by atoms with Crippen LogP contribution in [0.25, 0.3) is 11.0 Å². The van der Waals surface area contributed by atoms with Crippen LogP contribution in [0.4, 0.5) is 16.5 Å². The number of hydrogen-bond donors (Lipinski definition) is 2. The van der Waals surface area contributed by atoms with Gasteiger partial charge in [-0.05, 0) is 36.4 Å². The second kappa shape index (κ2) is 9.19. The highest BCUT2D eigenvalue weighted by Gasteiger charge is 2.19. The Morgan fingerprint density at radius 3 is 2.65 bits per heavy atom. The first-order valence-electron chi connectivity index (χ1n) is 9.23. The van der Waals surface area contributed by atoms with Crippen LogP contribution in [0.2, 0.25) is 0 Å². The molecule has 2 aromatic heterocycles. The molecule has 0 atom stereocenters. The number of aromatic nitrogens is 2. The molecule has 158 valence electrons. The van der Waals surface area contributed by atoms with Crippen molar-refractivity contribution in [3.8, 4) is 5.75 Å². The zero-order valence-electron chi connectivity index (χ0n) is 16.7. The summed E-state index contributed by atoms with van der Waals surface area (Å²) in [5.41, 5.74) is 1.80. The van der Waals surface area contributed by atoms with Gasteiger partial charge in [0.2, 0.25) is 11.0 Å². The van der Waals surface area contributed by atoms with E-state index in [1.54, 1.807) is 19.2 Å². The number of hydrogen-bond acceptors (Lipinski definition) is 9. The van der Waals surface area contributed by atoms with Gasteiger partial charge in [-0.25, -0.2) is 0 Å². The topological polar surface area (TPSA) is 106 Å². The van der Waals surface area contributed by atoms with Gasteiger partial charge in [0.15, 0.2) is 15.9 Å². The van der Waals surface area contributed by atoms with Gasteiger partial charge in [0.25, 0.3) is 0 Å². The molecule has 0 radical (unpaired) electrons. The molecule has 4 rings (SSSR count). The third-order valence-electron chi connectivity index (χ3n) is 4.25. The fourth-order valence-electron chi connectivity index (χ4n) is 2.84. The van der Waals surface area contributed by atoms with Crippen LogP contribution >= 0.6 is 23.1 Å². The fraction of sp³-hybridized carbons (Fsp3) is 0.143. The van der Waals surface area contributed by atoms with Gasteiger partial charge in [-0.15, -0.1) is 10.2 Å². The maximum atomic E-state index is 12.5. The fourth-order valence-corrected chi connectivity index (χ4v) is 4.41. The SMILES string of the molecule is COc1ccc(Nc2nnc(SCC(=O)Nc3c(C(C)=O)oc4ccccc34)s2)cc1. The maximum absolute atomic E-state index is 12.5. The minimum atomic E-state index is -0.265. The van der Waals surface area contributed by atoms with E-state index in [9.17, 15) is 9.59 Å². The molecule has 31 heavy (non-hydrogen) atoms. The van der Waals surface area contributed by atoms with Crippen molar-refractivity contribution < 1.29 is 18.7 Å². The molecule has 2 N–H and O–H groups in total. The van der Waals surface area contributed by atoms with Crippen molar-refractivity contribution in [2.24, 2.45) is 0 Å². The summed E-state index contributed by atoms with van der Waals surface area (Å²) >= 11 is 2.61. The zero-order chi connectivity index (χ0) is 21.8. The number of para-hydroxylation sites is 1. The number of carbonyl (C=O) groups excluding carboxylic acids is 2. The summed E-state index contributed by atoms with van der Waals surface area (Å²) in [7, 11) is 1.61. The van der Waals surface area contributed by atoms with Crippen LogP contribution in [0.5, 0.6) is 5.75 Å². The van der Waals surface area contributed by atoms with Gasteiger partial charge in [0, 0.05) is 18.0 Å². The second-order valence-corrected chi connectivity index (χ2v) is 8.62. The quantitative estimate of drug-likeness (QED) is 0.284. The molecule has 0 fully saturated rings. The number of ketones is 1. The van der Waals surface area contributed by atoms with E-state index in [4.69, 9.17) is 9.15 Å². The van der Waals surface area contributed by atoms with Gasteiger partial charge in [0.1, 0.15) is 11.3 Å². The molecule has 0 aliphatic carbocycles. The van der Waals surface area contributed by atoms with Crippen LogP contribution in [0.3, 0.4) is 0 Å². The molecule has 4 aromatic rings. The van der Waals surface area contributed by atoms with E-state index in [1.165, 1.54) is 30.0 Å². The molecule has 1 amide bonds. The van der Waals surface area contributed by atoms with Crippen molar-refractivity contribution in [2.75, 3.05) is 23.5 Å². The van der Waals surface area contributed by atoms with Crippen molar-refractivity contribution >= 4 is 62.3 Å². The zero-order valence-corrected chi connectivity index (χ0v) is 18.3. The molecule has 0 aliphatic rings. The first-order valence-corrected chi connectivity index (χ1v) is 11.0. The monoisotopic (exact) mass is 454 g/mol. The van der Waals surface area contributed by atoms with Gasteiger partial charge in [0.05, 0.1) is 18.6 Å². The first kappa shape index (κ1) is 20.9. The number of amides is 1. The van der Waals surface area contributed by atoms with Crippen molar-refractivity contribution in [1.29, 1.82) is 0 Å². The Bertz CT molecular complexity index is 1230. The molecular formula is C21H18N4O4S2. The van der Waals surface area contributed by atoms with E-state index >= 15 is 0 Å². The first-order chi connectivity index (χ1) is 15.0. The van der Waals surface area contributed by atoms with Crippen molar-refractivity contribution in [3.05, 3.63) is 54.3 Å². The van der Waals surface area contributed by atoms with Gasteiger partial charge >= 0.3 is 0 Å². The van der Waals surface area contributed by atoms with E-state index in [2.05, 4.69) is 20.8 Å². The number of methoxy groups -OCH3 is 1. The number of furan rings is 1. The van der Waals surface area contributed by atoms with Crippen molar-refractivity contribution in [2.45, 2.75) is 11.3 Å². The Morgan fingerprint density at radius 2 is 1.90 bits per heavy atom. The number of benzene rings is 2. The van der Waals surface area contributed by atoms with E-state index in [1.807, 2.05) is 36.4 Å². The number of ether oxygens (including phenoxy) is 1. The molecule has 0 saturated heterocycles. The molecule has 0 unspecified atom stereocenters. The normalized spacial score (nSPS) is 10.8. The Kier molecular flexibility index (Phi) is 6.19. The van der Waals surface area contributed by atoms with Crippen LogP contribution in [0.15, 0.2) is 57.3 Å². The summed E-state index contributed by atoms with van der Waals surface area (Å²) < 4.78 is 11.4. The Balaban J connectivity index is 1.38. The average Bonchev–Trinajstić information content (AvgIpc) is 3.37. The third-order valence-corrected chi connectivity index (χ3v) is 6.23. The molecule has 0 spiro atoms. The highest BCUT2D eigenvalue weighted by molar-refractivity contribution is 8.01. The summed E-state index contributed by atoms with van der Waals surface area (Å²) in [6.07, 6.45) is 0. The molecular weight excluding hydrogens is 436 g/mol. The Labute approximate surface area is 186 Å². The minimum Gasteiger partial charge on any atom is -0.497 e. The van der Waals surface area contributed by atoms with Crippen molar-refractivity contribution in [3.63, 3.8) is 0 Å². The number of carbonyl (C=O) groups is 2. The number of fused-ring (bicyclic) bond motifs is 1. The predicted octanol–water partition coefficient (Wildman–Crippen LogP) is 4.97. The molecule has 2 aromatic carbocycles. The standard InChI is InChI=1S/C21H18N4O4S2/c1-12(26)19-18(15-5-3-4-6-16(15)29-19)23-17(27)11-30-21-25-24-20(31-21)22-13-7-9-14(28-2)10-8-13/h3-10H,11H2,1-2H3,(H,22,24)(H,23,27). The van der Waals surface area contributed by atoms with Crippen molar-refractivity contribution in [1.82, 2.24) is 10.2 Å². The lowest BCUT2D eigenvalue weighted by atomic mass is 10.2. The molecule has 10 heteroatoms. The van der Waals surface area contributed by atoms with Crippen LogP contribution in [-0.4, -0.2) is 34.8 Å².